The predicted molar refractivity (Wildman–Crippen MR) is 51.3 cm³/mol. The molecule has 2 amide bonds. The summed E-state index contributed by atoms with van der Waals surface area (Å²) in [6.07, 6.45) is 0. The number of anilines is 2. The van der Waals surface area contributed by atoms with Crippen molar-refractivity contribution in [1.82, 2.24) is 4.90 Å². The van der Waals surface area contributed by atoms with Crippen molar-refractivity contribution in [3.05, 3.63) is 23.8 Å². The van der Waals surface area contributed by atoms with Crippen LogP contribution >= 0.6 is 0 Å². The van der Waals surface area contributed by atoms with Gasteiger partial charge in [0.15, 0.2) is 0 Å². The minimum absolute atomic E-state index is 0.0851. The number of nitrogen functional groups attached to an aromatic ring is 1. The number of benzene rings is 1. The molecule has 0 aliphatic carbocycles. The Bertz CT molecular complexity index is 362. The lowest BCUT2D eigenvalue weighted by Crippen LogP contribution is -2.35. The molecule has 2 rings (SSSR count). The Kier molecular flexibility index (Phi) is 1.62. The van der Waals surface area contributed by atoms with E-state index in [1.54, 1.807) is 18.0 Å². The molecule has 0 saturated heterocycles. The molecule has 0 saturated carbocycles. The molecule has 13 heavy (non-hydrogen) atoms. The SMILES string of the molecule is CN1Cc2ccc(N)cc2NC1=O. The molecule has 0 bridgehead atoms. The highest BCUT2D eigenvalue weighted by Crippen LogP contribution is 2.24. The van der Waals surface area contributed by atoms with Crippen molar-refractivity contribution >= 4 is 17.4 Å². The van der Waals surface area contributed by atoms with E-state index in [-0.39, 0.29) is 6.03 Å². The van der Waals surface area contributed by atoms with Gasteiger partial charge in [0.25, 0.3) is 0 Å². The number of urea groups is 1. The van der Waals surface area contributed by atoms with Crippen molar-refractivity contribution in [2.75, 3.05) is 18.1 Å². The number of hydrogen-bond donors (Lipinski definition) is 2. The highest BCUT2D eigenvalue weighted by atomic mass is 16.2. The number of amides is 2. The van der Waals surface area contributed by atoms with Crippen LogP contribution in [0.5, 0.6) is 0 Å². The molecule has 68 valence electrons. The Balaban J connectivity index is 2.42. The summed E-state index contributed by atoms with van der Waals surface area (Å²) in [5, 5.41) is 2.76. The molecular weight excluding hydrogens is 166 g/mol. The molecule has 1 aliphatic heterocycles. The number of fused-ring (bicyclic) bond motifs is 1. The highest BCUT2D eigenvalue weighted by Gasteiger charge is 2.18. The monoisotopic (exact) mass is 177 g/mol. The van der Waals surface area contributed by atoms with Gasteiger partial charge in [-0.25, -0.2) is 4.79 Å². The second kappa shape index (κ2) is 2.65. The second-order valence-corrected chi connectivity index (χ2v) is 3.20. The van der Waals surface area contributed by atoms with Crippen molar-refractivity contribution in [3.8, 4) is 0 Å². The zero-order valence-electron chi connectivity index (χ0n) is 7.37. The van der Waals surface area contributed by atoms with Crippen molar-refractivity contribution in [1.29, 1.82) is 0 Å². The molecule has 1 aromatic carbocycles. The molecule has 0 atom stereocenters. The largest absolute Gasteiger partial charge is 0.399 e. The summed E-state index contributed by atoms with van der Waals surface area (Å²) in [6.45, 7) is 0.640. The maximum atomic E-state index is 11.2. The first kappa shape index (κ1) is 7.91. The van der Waals surface area contributed by atoms with E-state index in [0.29, 0.717) is 12.2 Å². The van der Waals surface area contributed by atoms with Gasteiger partial charge in [-0.3, -0.25) is 0 Å². The molecule has 0 unspecified atom stereocenters. The molecule has 0 radical (unpaired) electrons. The van der Waals surface area contributed by atoms with Crippen LogP contribution in [0.3, 0.4) is 0 Å². The van der Waals surface area contributed by atoms with Crippen LogP contribution in [0.2, 0.25) is 0 Å². The number of carbonyl (C=O) groups is 1. The van der Waals surface area contributed by atoms with Crippen molar-refractivity contribution in [2.45, 2.75) is 6.54 Å². The lowest BCUT2D eigenvalue weighted by molar-refractivity contribution is 0.218. The molecule has 0 aromatic heterocycles. The lowest BCUT2D eigenvalue weighted by Gasteiger charge is -2.25. The quantitative estimate of drug-likeness (QED) is 0.586. The number of rotatable bonds is 0. The number of hydrogen-bond acceptors (Lipinski definition) is 2. The average molecular weight is 177 g/mol. The topological polar surface area (TPSA) is 58.4 Å². The average Bonchev–Trinajstić information content (AvgIpc) is 2.08. The first-order valence-electron chi connectivity index (χ1n) is 4.07. The molecule has 1 aliphatic rings. The Labute approximate surface area is 76.3 Å². The number of nitrogens with zero attached hydrogens (tertiary/aromatic N) is 1. The van der Waals surface area contributed by atoms with E-state index in [2.05, 4.69) is 5.32 Å². The molecule has 4 nitrogen and oxygen atoms in total. The van der Waals surface area contributed by atoms with Gasteiger partial charge in [0.05, 0.1) is 0 Å². The zero-order chi connectivity index (χ0) is 9.42. The molecular formula is C9H11N3O. The predicted octanol–water partition coefficient (Wildman–Crippen LogP) is 1.25. The summed E-state index contributed by atoms with van der Waals surface area (Å²) < 4.78 is 0. The summed E-state index contributed by atoms with van der Waals surface area (Å²) in [5.41, 5.74) is 8.18. The van der Waals surface area contributed by atoms with E-state index in [4.69, 9.17) is 5.73 Å². The summed E-state index contributed by atoms with van der Waals surface area (Å²) >= 11 is 0. The molecule has 4 heteroatoms. The maximum absolute atomic E-state index is 11.2. The van der Waals surface area contributed by atoms with Crippen LogP contribution in [-0.2, 0) is 6.54 Å². The van der Waals surface area contributed by atoms with Crippen LogP contribution in [-0.4, -0.2) is 18.0 Å². The van der Waals surface area contributed by atoms with E-state index >= 15 is 0 Å². The van der Waals surface area contributed by atoms with Gasteiger partial charge >= 0.3 is 6.03 Å². The van der Waals surface area contributed by atoms with Crippen LogP contribution < -0.4 is 11.1 Å². The summed E-state index contributed by atoms with van der Waals surface area (Å²) in [5.74, 6) is 0. The van der Waals surface area contributed by atoms with Gasteiger partial charge in [0.2, 0.25) is 0 Å². The van der Waals surface area contributed by atoms with E-state index < -0.39 is 0 Å². The fourth-order valence-electron chi connectivity index (χ4n) is 1.39. The smallest absolute Gasteiger partial charge is 0.321 e. The van der Waals surface area contributed by atoms with E-state index in [0.717, 1.165) is 11.3 Å². The minimum atomic E-state index is -0.0851. The summed E-state index contributed by atoms with van der Waals surface area (Å²) in [6, 6.07) is 5.46. The number of nitrogens with two attached hydrogens (primary N) is 1. The maximum Gasteiger partial charge on any atom is 0.321 e. The molecule has 3 N–H and O–H groups in total. The Morgan fingerprint density at radius 1 is 1.54 bits per heavy atom. The standard InChI is InChI=1S/C9H11N3O/c1-12-5-6-2-3-7(10)4-8(6)11-9(12)13/h2-4H,5,10H2,1H3,(H,11,13). The third-order valence-corrected chi connectivity index (χ3v) is 2.13. The van der Waals surface area contributed by atoms with Gasteiger partial charge in [-0.2, -0.15) is 0 Å². The molecule has 1 aromatic rings. The Morgan fingerprint density at radius 3 is 3.08 bits per heavy atom. The Morgan fingerprint density at radius 2 is 2.31 bits per heavy atom. The van der Waals surface area contributed by atoms with Crippen molar-refractivity contribution in [2.24, 2.45) is 0 Å². The van der Waals surface area contributed by atoms with E-state index in [9.17, 15) is 4.79 Å². The van der Waals surface area contributed by atoms with Crippen LogP contribution in [0.4, 0.5) is 16.2 Å². The first-order valence-corrected chi connectivity index (χ1v) is 4.07. The molecule has 1 heterocycles. The number of nitrogens with one attached hydrogen (secondary N) is 1. The van der Waals surface area contributed by atoms with E-state index in [1.165, 1.54) is 0 Å². The first-order chi connectivity index (χ1) is 6.16. The second-order valence-electron chi connectivity index (χ2n) is 3.20. The lowest BCUT2D eigenvalue weighted by atomic mass is 10.1. The normalized spacial score (nSPS) is 15.2. The molecule has 0 spiro atoms. The van der Waals surface area contributed by atoms with Crippen LogP contribution in [0.1, 0.15) is 5.56 Å². The third kappa shape index (κ3) is 1.30. The van der Waals surface area contributed by atoms with Gasteiger partial charge in [-0.15, -0.1) is 0 Å². The van der Waals surface area contributed by atoms with Crippen molar-refractivity contribution in [3.63, 3.8) is 0 Å². The van der Waals surface area contributed by atoms with Crippen molar-refractivity contribution < 1.29 is 4.79 Å². The molecule has 0 fully saturated rings. The van der Waals surface area contributed by atoms with Gasteiger partial charge in [-0.05, 0) is 17.7 Å². The highest BCUT2D eigenvalue weighted by molar-refractivity contribution is 5.92. The van der Waals surface area contributed by atoms with E-state index in [1.807, 2.05) is 12.1 Å². The fourth-order valence-corrected chi connectivity index (χ4v) is 1.39. The Hall–Kier alpha value is -1.71. The van der Waals surface area contributed by atoms with Crippen LogP contribution in [0.15, 0.2) is 18.2 Å². The minimum Gasteiger partial charge on any atom is -0.399 e. The van der Waals surface area contributed by atoms with Gasteiger partial charge in [-0.1, -0.05) is 6.07 Å². The summed E-state index contributed by atoms with van der Waals surface area (Å²) in [4.78, 5) is 12.9. The summed E-state index contributed by atoms with van der Waals surface area (Å²) in [7, 11) is 1.76. The van der Waals surface area contributed by atoms with Gasteiger partial charge in [0.1, 0.15) is 0 Å². The fraction of sp³-hybridized carbons (Fsp3) is 0.222. The zero-order valence-corrected chi connectivity index (χ0v) is 7.37. The number of carbonyl (C=O) groups excluding carboxylic acids is 1. The van der Waals surface area contributed by atoms with Gasteiger partial charge < -0.3 is 16.0 Å². The van der Waals surface area contributed by atoms with Crippen LogP contribution in [0, 0.1) is 0 Å². The van der Waals surface area contributed by atoms with Gasteiger partial charge in [0, 0.05) is 25.0 Å². The third-order valence-electron chi connectivity index (χ3n) is 2.13. The van der Waals surface area contributed by atoms with Crippen LogP contribution in [0.25, 0.3) is 0 Å².